The maximum absolute atomic E-state index is 5.22. The lowest BCUT2D eigenvalue weighted by atomic mass is 10.1. The van der Waals surface area contributed by atoms with Gasteiger partial charge in [0.15, 0.2) is 0 Å². The zero-order valence-corrected chi connectivity index (χ0v) is 12.8. The zero-order valence-electron chi connectivity index (χ0n) is 10.4. The normalized spacial score (nSPS) is 12.4. The van der Waals surface area contributed by atoms with Crippen molar-refractivity contribution in [3.05, 3.63) is 50.6 Å². The van der Waals surface area contributed by atoms with Crippen LogP contribution in [0.15, 0.2) is 40.2 Å². The second kappa shape index (κ2) is 6.36. The predicted octanol–water partition coefficient (Wildman–Crippen LogP) is 4.83. The molecule has 1 aromatic carbocycles. The summed E-state index contributed by atoms with van der Waals surface area (Å²) in [7, 11) is 1.72. The minimum atomic E-state index is 0.291. The number of thiophene rings is 1. The maximum atomic E-state index is 5.22. The molecule has 2 aromatic rings. The van der Waals surface area contributed by atoms with Crippen molar-refractivity contribution in [3.8, 4) is 0 Å². The SMILES string of the molecule is COCc1ccccc1NC(C)c1cc(Br)cs1. The molecule has 96 valence electrons. The van der Waals surface area contributed by atoms with E-state index in [9.17, 15) is 0 Å². The van der Waals surface area contributed by atoms with Gasteiger partial charge in [0.1, 0.15) is 0 Å². The number of hydrogen-bond donors (Lipinski definition) is 1. The summed E-state index contributed by atoms with van der Waals surface area (Å²) < 4.78 is 6.36. The van der Waals surface area contributed by atoms with E-state index >= 15 is 0 Å². The number of hydrogen-bond acceptors (Lipinski definition) is 3. The molecule has 1 atom stereocenters. The number of methoxy groups -OCH3 is 1. The van der Waals surface area contributed by atoms with E-state index in [1.807, 2.05) is 12.1 Å². The van der Waals surface area contributed by atoms with Gasteiger partial charge in [-0.3, -0.25) is 0 Å². The second-order valence-electron chi connectivity index (χ2n) is 4.12. The first-order valence-corrected chi connectivity index (χ1v) is 7.45. The van der Waals surface area contributed by atoms with E-state index in [2.05, 4.69) is 51.7 Å². The van der Waals surface area contributed by atoms with Gasteiger partial charge in [0.05, 0.1) is 12.6 Å². The summed E-state index contributed by atoms with van der Waals surface area (Å²) >= 11 is 5.24. The Hall–Kier alpha value is -0.840. The third-order valence-corrected chi connectivity index (χ3v) is 4.58. The summed E-state index contributed by atoms with van der Waals surface area (Å²) in [4.78, 5) is 1.31. The molecule has 0 bridgehead atoms. The molecule has 2 rings (SSSR count). The van der Waals surface area contributed by atoms with Crippen molar-refractivity contribution in [1.82, 2.24) is 0 Å². The van der Waals surface area contributed by atoms with Crippen molar-refractivity contribution in [1.29, 1.82) is 0 Å². The molecule has 4 heteroatoms. The molecular formula is C14H16BrNOS. The molecule has 18 heavy (non-hydrogen) atoms. The van der Waals surface area contributed by atoms with Crippen LogP contribution >= 0.6 is 27.3 Å². The van der Waals surface area contributed by atoms with Crippen LogP contribution in [0.1, 0.15) is 23.4 Å². The quantitative estimate of drug-likeness (QED) is 0.850. The van der Waals surface area contributed by atoms with Gasteiger partial charge in [0, 0.05) is 33.1 Å². The van der Waals surface area contributed by atoms with Crippen molar-refractivity contribution in [2.24, 2.45) is 0 Å². The van der Waals surface area contributed by atoms with Gasteiger partial charge in [-0.1, -0.05) is 18.2 Å². The fourth-order valence-electron chi connectivity index (χ4n) is 1.80. The van der Waals surface area contributed by atoms with Crippen molar-refractivity contribution < 1.29 is 4.74 Å². The summed E-state index contributed by atoms with van der Waals surface area (Å²) in [6.07, 6.45) is 0. The maximum Gasteiger partial charge on any atom is 0.0733 e. The van der Waals surface area contributed by atoms with Crippen molar-refractivity contribution in [2.75, 3.05) is 12.4 Å². The monoisotopic (exact) mass is 325 g/mol. The van der Waals surface area contributed by atoms with Gasteiger partial charge in [-0.05, 0) is 35.0 Å². The smallest absolute Gasteiger partial charge is 0.0733 e. The molecule has 0 aliphatic heterocycles. The minimum Gasteiger partial charge on any atom is -0.380 e. The van der Waals surface area contributed by atoms with E-state index in [0.29, 0.717) is 12.6 Å². The molecule has 0 spiro atoms. The van der Waals surface area contributed by atoms with Gasteiger partial charge in [-0.15, -0.1) is 11.3 Å². The standard InChI is InChI=1S/C14H16BrNOS/c1-10(14-7-12(15)9-18-14)16-13-6-4-3-5-11(13)8-17-2/h3-7,9-10,16H,8H2,1-2H3. The molecule has 1 unspecified atom stereocenters. The highest BCUT2D eigenvalue weighted by molar-refractivity contribution is 9.10. The number of anilines is 1. The Morgan fingerprint density at radius 1 is 1.39 bits per heavy atom. The van der Waals surface area contributed by atoms with Crippen molar-refractivity contribution in [3.63, 3.8) is 0 Å². The van der Waals surface area contributed by atoms with E-state index in [1.54, 1.807) is 18.4 Å². The lowest BCUT2D eigenvalue weighted by Gasteiger charge is -2.16. The molecule has 0 aliphatic rings. The highest BCUT2D eigenvalue weighted by atomic mass is 79.9. The summed E-state index contributed by atoms with van der Waals surface area (Å²) in [5.74, 6) is 0. The van der Waals surface area contributed by atoms with Crippen LogP contribution in [0.3, 0.4) is 0 Å². The first-order valence-electron chi connectivity index (χ1n) is 5.78. The van der Waals surface area contributed by atoms with Gasteiger partial charge >= 0.3 is 0 Å². The van der Waals surface area contributed by atoms with Crippen LogP contribution in [0.2, 0.25) is 0 Å². The first kappa shape index (κ1) is 13.6. The fraction of sp³-hybridized carbons (Fsp3) is 0.286. The molecule has 0 aliphatic carbocycles. The van der Waals surface area contributed by atoms with Crippen LogP contribution in [-0.2, 0) is 11.3 Å². The summed E-state index contributed by atoms with van der Waals surface area (Å²) in [6.45, 7) is 2.80. The Bertz CT molecular complexity index is 512. The van der Waals surface area contributed by atoms with Crippen molar-refractivity contribution >= 4 is 33.0 Å². The molecule has 1 heterocycles. The zero-order chi connectivity index (χ0) is 13.0. The number of nitrogens with one attached hydrogen (secondary N) is 1. The molecule has 0 amide bonds. The third kappa shape index (κ3) is 3.34. The Labute approximate surface area is 120 Å². The number of rotatable bonds is 5. The van der Waals surface area contributed by atoms with Crippen LogP contribution in [0, 0.1) is 0 Å². The van der Waals surface area contributed by atoms with Gasteiger partial charge in [-0.2, -0.15) is 0 Å². The molecular weight excluding hydrogens is 310 g/mol. The highest BCUT2D eigenvalue weighted by Crippen LogP contribution is 2.29. The topological polar surface area (TPSA) is 21.3 Å². The van der Waals surface area contributed by atoms with E-state index < -0.39 is 0 Å². The van der Waals surface area contributed by atoms with Crippen LogP contribution in [0.25, 0.3) is 0 Å². The molecule has 0 saturated carbocycles. The summed E-state index contributed by atoms with van der Waals surface area (Å²) in [5, 5.41) is 5.64. The lowest BCUT2D eigenvalue weighted by Crippen LogP contribution is -2.07. The van der Waals surface area contributed by atoms with Gasteiger partial charge in [0.2, 0.25) is 0 Å². The summed E-state index contributed by atoms with van der Waals surface area (Å²) in [6, 6.07) is 10.7. The number of halogens is 1. The van der Waals surface area contributed by atoms with E-state index in [0.717, 1.165) is 10.2 Å². The van der Waals surface area contributed by atoms with Crippen LogP contribution < -0.4 is 5.32 Å². The Balaban J connectivity index is 2.13. The molecule has 2 nitrogen and oxygen atoms in total. The van der Waals surface area contributed by atoms with E-state index in [1.165, 1.54) is 10.4 Å². The second-order valence-corrected chi connectivity index (χ2v) is 5.98. The predicted molar refractivity (Wildman–Crippen MR) is 81.2 cm³/mol. The highest BCUT2D eigenvalue weighted by Gasteiger charge is 2.09. The number of benzene rings is 1. The van der Waals surface area contributed by atoms with Gasteiger partial charge in [0.25, 0.3) is 0 Å². The van der Waals surface area contributed by atoms with E-state index in [-0.39, 0.29) is 0 Å². The Kier molecular flexibility index (Phi) is 4.80. The third-order valence-electron chi connectivity index (χ3n) is 2.70. The Morgan fingerprint density at radius 3 is 2.83 bits per heavy atom. The number of para-hydroxylation sites is 1. The molecule has 0 fully saturated rings. The fourth-order valence-corrected chi connectivity index (χ4v) is 3.26. The lowest BCUT2D eigenvalue weighted by molar-refractivity contribution is 0.185. The largest absolute Gasteiger partial charge is 0.380 e. The van der Waals surface area contributed by atoms with Crippen LogP contribution in [0.4, 0.5) is 5.69 Å². The van der Waals surface area contributed by atoms with Crippen LogP contribution in [0.5, 0.6) is 0 Å². The number of ether oxygens (including phenoxy) is 1. The molecule has 0 radical (unpaired) electrons. The van der Waals surface area contributed by atoms with Gasteiger partial charge in [-0.25, -0.2) is 0 Å². The first-order chi connectivity index (χ1) is 8.70. The summed E-state index contributed by atoms with van der Waals surface area (Å²) in [5.41, 5.74) is 2.32. The minimum absolute atomic E-state index is 0.291. The molecule has 0 saturated heterocycles. The molecule has 1 N–H and O–H groups in total. The van der Waals surface area contributed by atoms with Crippen molar-refractivity contribution in [2.45, 2.75) is 19.6 Å². The Morgan fingerprint density at radius 2 is 2.17 bits per heavy atom. The van der Waals surface area contributed by atoms with E-state index in [4.69, 9.17) is 4.74 Å². The van der Waals surface area contributed by atoms with Gasteiger partial charge < -0.3 is 10.1 Å². The molecule has 1 aromatic heterocycles. The average molecular weight is 326 g/mol. The van der Waals surface area contributed by atoms with Crippen LogP contribution in [-0.4, -0.2) is 7.11 Å². The average Bonchev–Trinajstić information content (AvgIpc) is 2.79.